The highest BCUT2D eigenvalue weighted by Gasteiger charge is 2.27. The number of nitrogens with zero attached hydrogens (tertiary/aromatic N) is 1. The van der Waals surface area contributed by atoms with Crippen LogP contribution in [0.5, 0.6) is 5.75 Å². The van der Waals surface area contributed by atoms with Crippen LogP contribution < -0.4 is 5.63 Å². The van der Waals surface area contributed by atoms with Crippen molar-refractivity contribution in [2.75, 3.05) is 19.7 Å². The molecule has 2 heterocycles. The molecule has 1 saturated heterocycles. The summed E-state index contributed by atoms with van der Waals surface area (Å²) in [5.41, 5.74) is 1.38. The minimum Gasteiger partial charge on any atom is -0.508 e. The van der Waals surface area contributed by atoms with E-state index in [4.69, 9.17) is 9.15 Å². The number of piperidine rings is 1. The fourth-order valence-electron chi connectivity index (χ4n) is 3.44. The fourth-order valence-corrected chi connectivity index (χ4v) is 3.44. The second kappa shape index (κ2) is 7.27. The molecule has 6 heteroatoms. The molecule has 1 aliphatic heterocycles. The topological polar surface area (TPSA) is 80.0 Å². The zero-order valence-corrected chi connectivity index (χ0v) is 14.6. The molecule has 0 aliphatic carbocycles. The molecule has 1 aromatic heterocycles. The van der Waals surface area contributed by atoms with Crippen LogP contribution in [-0.2, 0) is 16.1 Å². The highest BCUT2D eigenvalue weighted by molar-refractivity contribution is 5.84. The lowest BCUT2D eigenvalue weighted by atomic mass is 9.97. The Morgan fingerprint density at radius 3 is 3.00 bits per heavy atom. The van der Waals surface area contributed by atoms with E-state index in [1.165, 1.54) is 6.07 Å². The smallest absolute Gasteiger partial charge is 0.336 e. The van der Waals surface area contributed by atoms with Crippen LogP contribution in [0.25, 0.3) is 11.0 Å². The van der Waals surface area contributed by atoms with Gasteiger partial charge in [0.15, 0.2) is 0 Å². The van der Waals surface area contributed by atoms with Gasteiger partial charge in [0, 0.05) is 30.1 Å². The highest BCUT2D eigenvalue weighted by atomic mass is 16.5. The van der Waals surface area contributed by atoms with Gasteiger partial charge in [-0.15, -0.1) is 0 Å². The molecular formula is C19H23NO5. The van der Waals surface area contributed by atoms with Gasteiger partial charge in [-0.1, -0.05) is 0 Å². The zero-order chi connectivity index (χ0) is 18.0. The van der Waals surface area contributed by atoms with Crippen molar-refractivity contribution >= 4 is 16.9 Å². The summed E-state index contributed by atoms with van der Waals surface area (Å²) in [5.74, 6) is -0.163. The molecule has 0 saturated carbocycles. The van der Waals surface area contributed by atoms with E-state index >= 15 is 0 Å². The normalized spacial score (nSPS) is 18.4. The number of phenols is 1. The Kier molecular flexibility index (Phi) is 5.08. The number of hydrogen-bond acceptors (Lipinski definition) is 6. The zero-order valence-electron chi connectivity index (χ0n) is 14.6. The molecule has 2 aromatic rings. The SMILES string of the molecule is CCOC(=O)C1CCCN(Cc2cc(=O)oc3c(C)c(O)ccc23)C1. The first-order chi connectivity index (χ1) is 12.0. The van der Waals surface area contributed by atoms with Crippen molar-refractivity contribution in [3.05, 3.63) is 39.7 Å². The van der Waals surface area contributed by atoms with E-state index in [0.29, 0.717) is 30.8 Å². The van der Waals surface area contributed by atoms with Crippen LogP contribution >= 0.6 is 0 Å². The molecule has 1 atom stereocenters. The standard InChI is InChI=1S/C19H23NO5/c1-3-24-19(23)13-5-4-8-20(10-13)11-14-9-17(22)25-18-12(2)16(21)7-6-15(14)18/h6-7,9,13,21H,3-5,8,10-11H2,1-2H3. The van der Waals surface area contributed by atoms with Gasteiger partial charge in [-0.05, 0) is 50.9 Å². The molecule has 0 bridgehead atoms. The number of aryl methyl sites for hydroxylation is 1. The third kappa shape index (κ3) is 3.69. The van der Waals surface area contributed by atoms with Crippen LogP contribution in [0.1, 0.15) is 30.9 Å². The van der Waals surface area contributed by atoms with Gasteiger partial charge in [0.1, 0.15) is 11.3 Å². The minimum absolute atomic E-state index is 0.105. The summed E-state index contributed by atoms with van der Waals surface area (Å²) < 4.78 is 10.4. The Labute approximate surface area is 146 Å². The molecule has 134 valence electrons. The number of fused-ring (bicyclic) bond motifs is 1. The second-order valence-corrected chi connectivity index (χ2v) is 6.50. The van der Waals surface area contributed by atoms with E-state index in [1.807, 2.05) is 6.92 Å². The Bertz CT molecular complexity index is 842. The van der Waals surface area contributed by atoms with Gasteiger partial charge < -0.3 is 14.3 Å². The summed E-state index contributed by atoms with van der Waals surface area (Å²) in [6.07, 6.45) is 1.75. The number of phenolic OH excluding ortho intramolecular Hbond substituents is 1. The fraction of sp³-hybridized carbons (Fsp3) is 0.474. The molecule has 1 N–H and O–H groups in total. The number of carbonyl (C=O) groups is 1. The summed E-state index contributed by atoms with van der Waals surface area (Å²) in [6, 6.07) is 4.87. The van der Waals surface area contributed by atoms with Crippen LogP contribution in [0.3, 0.4) is 0 Å². The number of esters is 1. The molecule has 6 nitrogen and oxygen atoms in total. The molecule has 0 radical (unpaired) electrons. The van der Waals surface area contributed by atoms with E-state index in [2.05, 4.69) is 4.90 Å². The van der Waals surface area contributed by atoms with Crippen molar-refractivity contribution in [1.29, 1.82) is 0 Å². The molecule has 1 unspecified atom stereocenters. The Balaban J connectivity index is 1.86. The number of likely N-dealkylation sites (tertiary alicyclic amines) is 1. The van der Waals surface area contributed by atoms with Crippen molar-refractivity contribution < 1.29 is 19.1 Å². The molecule has 3 rings (SSSR count). The lowest BCUT2D eigenvalue weighted by Crippen LogP contribution is -2.39. The first kappa shape index (κ1) is 17.5. The monoisotopic (exact) mass is 345 g/mol. The average molecular weight is 345 g/mol. The van der Waals surface area contributed by atoms with Crippen molar-refractivity contribution in [2.24, 2.45) is 5.92 Å². The van der Waals surface area contributed by atoms with Crippen molar-refractivity contribution in [2.45, 2.75) is 33.2 Å². The van der Waals surface area contributed by atoms with Crippen LogP contribution in [0.2, 0.25) is 0 Å². The van der Waals surface area contributed by atoms with Crippen molar-refractivity contribution in [3.63, 3.8) is 0 Å². The number of benzene rings is 1. The number of rotatable bonds is 4. The second-order valence-electron chi connectivity index (χ2n) is 6.50. The Hall–Kier alpha value is -2.34. The predicted octanol–water partition coefficient (Wildman–Crippen LogP) is 2.58. The average Bonchev–Trinajstić information content (AvgIpc) is 2.59. The third-order valence-electron chi connectivity index (χ3n) is 4.74. The summed E-state index contributed by atoms with van der Waals surface area (Å²) >= 11 is 0. The van der Waals surface area contributed by atoms with Crippen molar-refractivity contribution in [3.8, 4) is 5.75 Å². The summed E-state index contributed by atoms with van der Waals surface area (Å²) in [7, 11) is 0. The molecule has 1 fully saturated rings. The number of aromatic hydroxyl groups is 1. The van der Waals surface area contributed by atoms with Crippen LogP contribution in [-0.4, -0.2) is 35.7 Å². The van der Waals surface area contributed by atoms with Crippen LogP contribution in [0.4, 0.5) is 0 Å². The molecular weight excluding hydrogens is 322 g/mol. The van der Waals surface area contributed by atoms with Crippen molar-refractivity contribution in [1.82, 2.24) is 4.90 Å². The Morgan fingerprint density at radius 2 is 2.24 bits per heavy atom. The highest BCUT2D eigenvalue weighted by Crippen LogP contribution is 2.29. The minimum atomic E-state index is -0.435. The summed E-state index contributed by atoms with van der Waals surface area (Å²) in [4.78, 5) is 26.1. The van der Waals surface area contributed by atoms with Gasteiger partial charge >= 0.3 is 11.6 Å². The molecule has 0 amide bonds. The molecule has 1 aromatic carbocycles. The van der Waals surface area contributed by atoms with E-state index < -0.39 is 5.63 Å². The predicted molar refractivity (Wildman–Crippen MR) is 93.5 cm³/mol. The molecule has 1 aliphatic rings. The third-order valence-corrected chi connectivity index (χ3v) is 4.74. The quantitative estimate of drug-likeness (QED) is 0.678. The first-order valence-electron chi connectivity index (χ1n) is 8.64. The number of ether oxygens (including phenoxy) is 1. The van der Waals surface area contributed by atoms with Gasteiger partial charge in [0.05, 0.1) is 12.5 Å². The van der Waals surface area contributed by atoms with E-state index in [0.717, 1.165) is 30.3 Å². The Morgan fingerprint density at radius 1 is 1.44 bits per heavy atom. The lowest BCUT2D eigenvalue weighted by molar-refractivity contribution is -0.150. The molecule has 0 spiro atoms. The summed E-state index contributed by atoms with van der Waals surface area (Å²) in [5, 5.41) is 10.7. The van der Waals surface area contributed by atoms with Gasteiger partial charge in [0.2, 0.25) is 0 Å². The van der Waals surface area contributed by atoms with Crippen LogP contribution in [0.15, 0.2) is 27.4 Å². The lowest BCUT2D eigenvalue weighted by Gasteiger charge is -2.31. The van der Waals surface area contributed by atoms with Gasteiger partial charge in [-0.25, -0.2) is 4.79 Å². The van der Waals surface area contributed by atoms with E-state index in [1.54, 1.807) is 19.1 Å². The summed E-state index contributed by atoms with van der Waals surface area (Å²) in [6.45, 7) is 5.98. The maximum absolute atomic E-state index is 12.0. The van der Waals surface area contributed by atoms with Gasteiger partial charge in [-0.3, -0.25) is 9.69 Å². The first-order valence-corrected chi connectivity index (χ1v) is 8.64. The molecule has 25 heavy (non-hydrogen) atoms. The van der Waals surface area contributed by atoms with Crippen LogP contribution in [0, 0.1) is 12.8 Å². The number of hydrogen-bond donors (Lipinski definition) is 1. The van der Waals surface area contributed by atoms with E-state index in [-0.39, 0.29) is 17.6 Å². The van der Waals surface area contributed by atoms with Gasteiger partial charge in [-0.2, -0.15) is 0 Å². The van der Waals surface area contributed by atoms with E-state index in [9.17, 15) is 14.7 Å². The largest absolute Gasteiger partial charge is 0.508 e. The maximum atomic E-state index is 12.0. The van der Waals surface area contributed by atoms with Gasteiger partial charge in [0.25, 0.3) is 0 Å². The number of carbonyl (C=O) groups excluding carboxylic acids is 1. The maximum Gasteiger partial charge on any atom is 0.336 e.